The van der Waals surface area contributed by atoms with Crippen molar-refractivity contribution in [3.8, 4) is 0 Å². The summed E-state index contributed by atoms with van der Waals surface area (Å²) in [5.74, 6) is 0.681. The highest BCUT2D eigenvalue weighted by Crippen LogP contribution is 2.15. The molecule has 0 saturated heterocycles. The second-order valence-electron chi connectivity index (χ2n) is 5.37. The number of hydrogen-bond donors (Lipinski definition) is 3. The molecule has 0 spiro atoms. The summed E-state index contributed by atoms with van der Waals surface area (Å²) in [5, 5.41) is 29.4. The SMILES string of the molecule is NC(CCCCB(O)O)c1nnnn1CCc1ccccc1. The fraction of sp³-hybridized carbons (Fsp3) is 0.500. The van der Waals surface area contributed by atoms with Crippen LogP contribution in [-0.4, -0.2) is 37.4 Å². The lowest BCUT2D eigenvalue weighted by Crippen LogP contribution is -2.18. The van der Waals surface area contributed by atoms with Gasteiger partial charge >= 0.3 is 7.12 Å². The average Bonchev–Trinajstić information content (AvgIpc) is 2.99. The third-order valence-electron chi connectivity index (χ3n) is 3.57. The van der Waals surface area contributed by atoms with Gasteiger partial charge in [-0.2, -0.15) is 0 Å². The van der Waals surface area contributed by atoms with Crippen molar-refractivity contribution in [1.29, 1.82) is 0 Å². The molecule has 4 N–H and O–H groups in total. The minimum atomic E-state index is -1.24. The third-order valence-corrected chi connectivity index (χ3v) is 3.57. The number of aryl methyl sites for hydroxylation is 2. The van der Waals surface area contributed by atoms with E-state index in [0.29, 0.717) is 18.7 Å². The van der Waals surface area contributed by atoms with Gasteiger partial charge in [0.1, 0.15) is 0 Å². The molecular formula is C14H22BN5O2. The number of hydrogen-bond acceptors (Lipinski definition) is 6. The molecule has 1 aromatic heterocycles. The average molecular weight is 303 g/mol. The highest BCUT2D eigenvalue weighted by molar-refractivity contribution is 6.40. The Labute approximate surface area is 130 Å². The van der Waals surface area contributed by atoms with Crippen molar-refractivity contribution in [3.05, 3.63) is 41.7 Å². The summed E-state index contributed by atoms with van der Waals surface area (Å²) >= 11 is 0. The molecule has 0 aliphatic heterocycles. The number of rotatable bonds is 9. The van der Waals surface area contributed by atoms with Crippen LogP contribution in [0.25, 0.3) is 0 Å². The smallest absolute Gasteiger partial charge is 0.427 e. The van der Waals surface area contributed by atoms with Crippen molar-refractivity contribution in [1.82, 2.24) is 20.2 Å². The Bertz CT molecular complexity index is 549. The molecule has 0 aliphatic rings. The van der Waals surface area contributed by atoms with Crippen LogP contribution in [0.4, 0.5) is 0 Å². The van der Waals surface area contributed by atoms with E-state index in [-0.39, 0.29) is 6.04 Å². The van der Waals surface area contributed by atoms with Crippen molar-refractivity contribution in [2.45, 2.75) is 44.6 Å². The lowest BCUT2D eigenvalue weighted by atomic mass is 9.83. The zero-order valence-electron chi connectivity index (χ0n) is 12.5. The molecule has 1 unspecified atom stereocenters. The summed E-state index contributed by atoms with van der Waals surface area (Å²) in [6.07, 6.45) is 3.47. The second kappa shape index (κ2) is 8.62. The first kappa shape index (κ1) is 16.6. The molecule has 2 rings (SSSR count). The Morgan fingerprint density at radius 3 is 2.68 bits per heavy atom. The van der Waals surface area contributed by atoms with Crippen molar-refractivity contribution in [2.75, 3.05) is 0 Å². The zero-order valence-corrected chi connectivity index (χ0v) is 12.5. The molecule has 1 aromatic carbocycles. The molecule has 118 valence electrons. The third kappa shape index (κ3) is 5.21. The van der Waals surface area contributed by atoms with Gasteiger partial charge in [-0.15, -0.1) is 5.10 Å². The predicted molar refractivity (Wildman–Crippen MR) is 83.7 cm³/mol. The molecule has 0 saturated carbocycles. The topological polar surface area (TPSA) is 110 Å². The molecule has 0 fully saturated rings. The summed E-state index contributed by atoms with van der Waals surface area (Å²) in [4.78, 5) is 0. The van der Waals surface area contributed by atoms with E-state index < -0.39 is 7.12 Å². The fourth-order valence-electron chi connectivity index (χ4n) is 2.34. The predicted octanol–water partition coefficient (Wildman–Crippen LogP) is 0.559. The maximum atomic E-state index is 8.81. The van der Waals surface area contributed by atoms with Crippen LogP contribution in [0.1, 0.15) is 36.7 Å². The summed E-state index contributed by atoms with van der Waals surface area (Å²) in [6.45, 7) is 0.690. The Kier molecular flexibility index (Phi) is 6.51. The van der Waals surface area contributed by atoms with Crippen LogP contribution in [0.15, 0.2) is 30.3 Å². The van der Waals surface area contributed by atoms with Crippen LogP contribution in [0.3, 0.4) is 0 Å². The summed E-state index contributed by atoms with van der Waals surface area (Å²) in [7, 11) is -1.24. The molecule has 2 aromatic rings. The molecule has 0 amide bonds. The first-order valence-corrected chi connectivity index (χ1v) is 7.58. The molecular weight excluding hydrogens is 281 g/mol. The van der Waals surface area contributed by atoms with Crippen molar-refractivity contribution >= 4 is 7.12 Å². The Morgan fingerprint density at radius 2 is 1.95 bits per heavy atom. The van der Waals surface area contributed by atoms with E-state index in [1.807, 2.05) is 18.2 Å². The van der Waals surface area contributed by atoms with Crippen molar-refractivity contribution in [2.24, 2.45) is 5.73 Å². The Morgan fingerprint density at radius 1 is 1.18 bits per heavy atom. The molecule has 0 radical (unpaired) electrons. The number of tetrazole rings is 1. The summed E-state index contributed by atoms with van der Waals surface area (Å²) in [5.41, 5.74) is 7.37. The second-order valence-corrected chi connectivity index (χ2v) is 5.37. The van der Waals surface area contributed by atoms with Crippen LogP contribution in [0.2, 0.25) is 6.32 Å². The lowest BCUT2D eigenvalue weighted by molar-refractivity contribution is 0.400. The number of benzene rings is 1. The first-order valence-electron chi connectivity index (χ1n) is 7.58. The quantitative estimate of drug-likeness (QED) is 0.461. The molecule has 1 atom stereocenters. The molecule has 7 nitrogen and oxygen atoms in total. The van der Waals surface area contributed by atoms with Crippen molar-refractivity contribution in [3.63, 3.8) is 0 Å². The Balaban J connectivity index is 1.83. The van der Waals surface area contributed by atoms with Crippen LogP contribution in [-0.2, 0) is 13.0 Å². The van der Waals surface area contributed by atoms with Gasteiger partial charge in [0.05, 0.1) is 6.04 Å². The highest BCUT2D eigenvalue weighted by Gasteiger charge is 2.15. The normalized spacial score (nSPS) is 12.3. The maximum Gasteiger partial charge on any atom is 0.451 e. The fourth-order valence-corrected chi connectivity index (χ4v) is 2.34. The van der Waals surface area contributed by atoms with E-state index in [1.54, 1.807) is 4.68 Å². The molecule has 0 bridgehead atoms. The monoisotopic (exact) mass is 303 g/mol. The van der Waals surface area contributed by atoms with E-state index in [9.17, 15) is 0 Å². The Hall–Kier alpha value is -1.77. The van der Waals surface area contributed by atoms with Gasteiger partial charge in [0.25, 0.3) is 0 Å². The highest BCUT2D eigenvalue weighted by atomic mass is 16.4. The van der Waals surface area contributed by atoms with Crippen LogP contribution < -0.4 is 5.73 Å². The first-order chi connectivity index (χ1) is 10.7. The van der Waals surface area contributed by atoms with E-state index in [2.05, 4.69) is 27.7 Å². The van der Waals surface area contributed by atoms with Crippen LogP contribution in [0.5, 0.6) is 0 Å². The van der Waals surface area contributed by atoms with Gasteiger partial charge in [-0.3, -0.25) is 0 Å². The molecule has 8 heteroatoms. The zero-order chi connectivity index (χ0) is 15.8. The van der Waals surface area contributed by atoms with E-state index in [0.717, 1.165) is 25.7 Å². The number of nitrogens with zero attached hydrogens (tertiary/aromatic N) is 4. The van der Waals surface area contributed by atoms with Gasteiger partial charge in [0.15, 0.2) is 5.82 Å². The lowest BCUT2D eigenvalue weighted by Gasteiger charge is -2.11. The number of unbranched alkanes of at least 4 members (excludes halogenated alkanes) is 1. The van der Waals surface area contributed by atoms with Gasteiger partial charge < -0.3 is 15.8 Å². The van der Waals surface area contributed by atoms with Gasteiger partial charge in [0.2, 0.25) is 0 Å². The van der Waals surface area contributed by atoms with Gasteiger partial charge in [-0.05, 0) is 35.2 Å². The largest absolute Gasteiger partial charge is 0.451 e. The van der Waals surface area contributed by atoms with E-state index >= 15 is 0 Å². The summed E-state index contributed by atoms with van der Waals surface area (Å²) in [6, 6.07) is 9.93. The van der Waals surface area contributed by atoms with Crippen LogP contribution in [0, 0.1) is 0 Å². The maximum absolute atomic E-state index is 8.81. The molecule has 1 heterocycles. The molecule has 22 heavy (non-hydrogen) atoms. The van der Waals surface area contributed by atoms with Crippen molar-refractivity contribution < 1.29 is 10.0 Å². The molecule has 0 aliphatic carbocycles. The minimum Gasteiger partial charge on any atom is -0.427 e. The standard InChI is InChI=1S/C14H22BN5O2/c16-13(8-4-5-10-15(21)22)14-17-18-19-20(14)11-9-12-6-2-1-3-7-12/h1-3,6-7,13,21-22H,4-5,8-11,16H2. The number of aromatic nitrogens is 4. The van der Waals surface area contributed by atoms with Crippen LogP contribution >= 0.6 is 0 Å². The van der Waals surface area contributed by atoms with Gasteiger partial charge in [0, 0.05) is 6.54 Å². The van der Waals surface area contributed by atoms with Gasteiger partial charge in [-0.1, -0.05) is 43.2 Å². The van der Waals surface area contributed by atoms with E-state index in [4.69, 9.17) is 15.8 Å². The van der Waals surface area contributed by atoms with E-state index in [1.165, 1.54) is 5.56 Å². The summed E-state index contributed by atoms with van der Waals surface area (Å²) < 4.78 is 1.75. The van der Waals surface area contributed by atoms with Gasteiger partial charge in [-0.25, -0.2) is 4.68 Å². The minimum absolute atomic E-state index is 0.235. The number of nitrogens with two attached hydrogens (primary N) is 1.